The van der Waals surface area contributed by atoms with Gasteiger partial charge in [-0.2, -0.15) is 0 Å². The monoisotopic (exact) mass is 290 g/mol. The molecule has 20 heavy (non-hydrogen) atoms. The van der Waals surface area contributed by atoms with Gasteiger partial charge in [0.2, 0.25) is 0 Å². The highest BCUT2D eigenvalue weighted by molar-refractivity contribution is 7.19. The van der Waals surface area contributed by atoms with Crippen LogP contribution in [-0.2, 0) is 6.54 Å². The van der Waals surface area contributed by atoms with Crippen LogP contribution in [0.3, 0.4) is 0 Å². The van der Waals surface area contributed by atoms with E-state index in [1.54, 1.807) is 18.3 Å². The molecule has 0 amide bonds. The number of hydrazine groups is 1. The van der Waals surface area contributed by atoms with Crippen LogP contribution in [0.25, 0.3) is 10.1 Å². The molecule has 2 aromatic heterocycles. The van der Waals surface area contributed by atoms with Gasteiger partial charge in [-0.25, -0.2) is 14.8 Å². The van der Waals surface area contributed by atoms with Gasteiger partial charge >= 0.3 is 0 Å². The second-order valence-corrected chi connectivity index (χ2v) is 5.62. The van der Waals surface area contributed by atoms with E-state index in [9.17, 15) is 4.39 Å². The third-order valence-electron chi connectivity index (χ3n) is 3.30. The van der Waals surface area contributed by atoms with Crippen LogP contribution in [0.1, 0.15) is 23.7 Å². The summed E-state index contributed by atoms with van der Waals surface area (Å²) in [7, 11) is 0. The summed E-state index contributed by atoms with van der Waals surface area (Å²) in [5, 5.41) is 1.02. The van der Waals surface area contributed by atoms with Crippen LogP contribution in [0.2, 0.25) is 0 Å². The predicted octanol–water partition coefficient (Wildman–Crippen LogP) is 2.81. The molecule has 4 nitrogen and oxygen atoms in total. The Morgan fingerprint density at radius 2 is 2.30 bits per heavy atom. The summed E-state index contributed by atoms with van der Waals surface area (Å²) >= 11 is 1.53. The lowest BCUT2D eigenvalue weighted by molar-refractivity contribution is 0.568. The number of rotatable bonds is 4. The standard InChI is InChI=1S/C14H15FN4S/c1-2-19-6-5-17-14(19)13(18-16)12-7-9-3-4-10(15)8-11(9)20-12/h3-8,13,18H,2,16H2,1H3. The average molecular weight is 290 g/mol. The Bertz CT molecular complexity index is 734. The van der Waals surface area contributed by atoms with Gasteiger partial charge in [0, 0.05) is 28.5 Å². The predicted molar refractivity (Wildman–Crippen MR) is 78.9 cm³/mol. The number of hydrogen-bond acceptors (Lipinski definition) is 4. The first-order chi connectivity index (χ1) is 9.72. The molecule has 0 aliphatic carbocycles. The van der Waals surface area contributed by atoms with Crippen molar-refractivity contribution in [1.29, 1.82) is 0 Å². The molecule has 3 N–H and O–H groups in total. The van der Waals surface area contributed by atoms with Gasteiger partial charge in [-0.15, -0.1) is 11.3 Å². The zero-order chi connectivity index (χ0) is 14.1. The number of thiophene rings is 1. The molecule has 1 aromatic carbocycles. The van der Waals surface area contributed by atoms with Crippen molar-refractivity contribution in [1.82, 2.24) is 15.0 Å². The lowest BCUT2D eigenvalue weighted by Gasteiger charge is -2.15. The lowest BCUT2D eigenvalue weighted by atomic mass is 10.2. The van der Waals surface area contributed by atoms with Crippen molar-refractivity contribution < 1.29 is 4.39 Å². The van der Waals surface area contributed by atoms with Gasteiger partial charge in [0.15, 0.2) is 0 Å². The van der Waals surface area contributed by atoms with Crippen molar-refractivity contribution in [2.45, 2.75) is 19.5 Å². The zero-order valence-corrected chi connectivity index (χ0v) is 11.8. The summed E-state index contributed by atoms with van der Waals surface area (Å²) in [6.45, 7) is 2.88. The van der Waals surface area contributed by atoms with Crippen molar-refractivity contribution in [3.8, 4) is 0 Å². The van der Waals surface area contributed by atoms with Crippen molar-refractivity contribution in [3.63, 3.8) is 0 Å². The summed E-state index contributed by atoms with van der Waals surface area (Å²) in [6, 6.07) is 6.63. The van der Waals surface area contributed by atoms with E-state index >= 15 is 0 Å². The number of nitrogens with two attached hydrogens (primary N) is 1. The van der Waals surface area contributed by atoms with Crippen LogP contribution >= 0.6 is 11.3 Å². The maximum absolute atomic E-state index is 13.3. The molecule has 0 aliphatic rings. The quantitative estimate of drug-likeness (QED) is 0.574. The summed E-state index contributed by atoms with van der Waals surface area (Å²) in [4.78, 5) is 5.40. The number of nitrogens with one attached hydrogen (secondary N) is 1. The number of benzene rings is 1. The van der Waals surface area contributed by atoms with Gasteiger partial charge in [0.1, 0.15) is 17.7 Å². The van der Waals surface area contributed by atoms with Crippen molar-refractivity contribution in [2.75, 3.05) is 0 Å². The van der Waals surface area contributed by atoms with E-state index in [0.29, 0.717) is 0 Å². The van der Waals surface area contributed by atoms with E-state index in [0.717, 1.165) is 27.3 Å². The molecule has 0 bridgehead atoms. The van der Waals surface area contributed by atoms with Crippen LogP contribution in [0.5, 0.6) is 0 Å². The number of nitrogens with zero attached hydrogens (tertiary/aromatic N) is 2. The fraction of sp³-hybridized carbons (Fsp3) is 0.214. The van der Waals surface area contributed by atoms with Gasteiger partial charge in [0.05, 0.1) is 0 Å². The largest absolute Gasteiger partial charge is 0.334 e. The van der Waals surface area contributed by atoms with Crippen LogP contribution in [0.4, 0.5) is 4.39 Å². The minimum atomic E-state index is -0.224. The molecule has 0 spiro atoms. The van der Waals surface area contributed by atoms with Crippen molar-refractivity contribution >= 4 is 21.4 Å². The van der Waals surface area contributed by atoms with E-state index in [1.807, 2.05) is 16.8 Å². The Morgan fingerprint density at radius 3 is 3.05 bits per heavy atom. The molecule has 0 fully saturated rings. The molecule has 3 aromatic rings. The summed E-state index contributed by atoms with van der Waals surface area (Å²) < 4.78 is 16.2. The van der Waals surface area contributed by atoms with E-state index in [2.05, 4.69) is 17.3 Å². The Morgan fingerprint density at radius 1 is 1.45 bits per heavy atom. The SMILES string of the molecule is CCn1ccnc1C(NN)c1cc2ccc(F)cc2s1. The number of hydrogen-bond donors (Lipinski definition) is 2. The zero-order valence-electron chi connectivity index (χ0n) is 11.0. The minimum absolute atomic E-state index is 0.189. The fourth-order valence-corrected chi connectivity index (χ4v) is 3.45. The minimum Gasteiger partial charge on any atom is -0.334 e. The van der Waals surface area contributed by atoms with Gasteiger partial charge in [-0.3, -0.25) is 5.84 Å². The highest BCUT2D eigenvalue weighted by Crippen LogP contribution is 2.32. The summed E-state index contributed by atoms with van der Waals surface area (Å²) in [5.41, 5.74) is 2.80. The van der Waals surface area contributed by atoms with Crippen LogP contribution in [0.15, 0.2) is 36.7 Å². The molecule has 0 aliphatic heterocycles. The Balaban J connectivity index is 2.07. The normalized spacial score (nSPS) is 12.9. The fourth-order valence-electron chi connectivity index (χ4n) is 2.30. The van der Waals surface area contributed by atoms with Gasteiger partial charge in [0.25, 0.3) is 0 Å². The molecule has 0 saturated carbocycles. The average Bonchev–Trinajstić information content (AvgIpc) is 3.05. The number of aromatic nitrogens is 2. The number of halogens is 1. The van der Waals surface area contributed by atoms with Crippen molar-refractivity contribution in [3.05, 3.63) is 53.2 Å². The molecular weight excluding hydrogens is 275 g/mol. The first-order valence-corrected chi connectivity index (χ1v) is 7.20. The Hall–Kier alpha value is -1.76. The second-order valence-electron chi connectivity index (χ2n) is 4.50. The highest BCUT2D eigenvalue weighted by Gasteiger charge is 2.19. The van der Waals surface area contributed by atoms with Crippen LogP contribution in [-0.4, -0.2) is 9.55 Å². The van der Waals surface area contributed by atoms with E-state index in [4.69, 9.17) is 5.84 Å². The maximum Gasteiger partial charge on any atom is 0.132 e. The number of imidazole rings is 1. The third-order valence-corrected chi connectivity index (χ3v) is 4.46. The smallest absolute Gasteiger partial charge is 0.132 e. The third kappa shape index (κ3) is 2.22. The van der Waals surface area contributed by atoms with Crippen LogP contribution < -0.4 is 11.3 Å². The van der Waals surface area contributed by atoms with Gasteiger partial charge in [-0.05, 0) is 30.5 Å². The summed E-state index contributed by atoms with van der Waals surface area (Å²) in [5.74, 6) is 6.34. The van der Waals surface area contributed by atoms with Gasteiger partial charge in [-0.1, -0.05) is 6.07 Å². The van der Waals surface area contributed by atoms with E-state index in [1.165, 1.54) is 17.4 Å². The highest BCUT2D eigenvalue weighted by atomic mass is 32.1. The number of fused-ring (bicyclic) bond motifs is 1. The Labute approximate surface area is 120 Å². The van der Waals surface area contributed by atoms with Crippen LogP contribution in [0, 0.1) is 5.82 Å². The molecule has 0 saturated heterocycles. The number of aryl methyl sites for hydroxylation is 1. The molecule has 3 rings (SSSR count). The lowest BCUT2D eigenvalue weighted by Crippen LogP contribution is -2.30. The maximum atomic E-state index is 13.3. The van der Waals surface area contributed by atoms with E-state index < -0.39 is 0 Å². The second kappa shape index (κ2) is 5.32. The van der Waals surface area contributed by atoms with Crippen molar-refractivity contribution in [2.24, 2.45) is 5.84 Å². The first-order valence-electron chi connectivity index (χ1n) is 6.39. The molecule has 104 valence electrons. The summed E-state index contributed by atoms with van der Waals surface area (Å²) in [6.07, 6.45) is 3.68. The molecule has 1 unspecified atom stereocenters. The molecule has 2 heterocycles. The molecule has 6 heteroatoms. The molecular formula is C14H15FN4S. The molecule has 0 radical (unpaired) electrons. The van der Waals surface area contributed by atoms with Gasteiger partial charge < -0.3 is 4.57 Å². The van der Waals surface area contributed by atoms with E-state index in [-0.39, 0.29) is 11.9 Å². The first kappa shape index (κ1) is 13.2. The Kier molecular flexibility index (Phi) is 3.52. The topological polar surface area (TPSA) is 55.9 Å². The molecule has 1 atom stereocenters.